The second-order valence-corrected chi connectivity index (χ2v) is 12.6. The van der Waals surface area contributed by atoms with E-state index >= 15 is 0 Å². The van der Waals surface area contributed by atoms with E-state index < -0.39 is 0 Å². The lowest BCUT2D eigenvalue weighted by Gasteiger charge is -2.22. The van der Waals surface area contributed by atoms with Crippen molar-refractivity contribution in [1.82, 2.24) is 14.8 Å². The van der Waals surface area contributed by atoms with Crippen LogP contribution in [0.15, 0.2) is 60.9 Å². The molecule has 0 radical (unpaired) electrons. The molecule has 39 heavy (non-hydrogen) atoms. The Morgan fingerprint density at radius 3 is 2.18 bits per heavy atom. The number of hydrogen-bond acceptors (Lipinski definition) is 6. The summed E-state index contributed by atoms with van der Waals surface area (Å²) in [5.41, 5.74) is 10.6. The third-order valence-electron chi connectivity index (χ3n) is 6.47. The number of hydrogen-bond donors (Lipinski definition) is 1. The summed E-state index contributed by atoms with van der Waals surface area (Å²) in [6.45, 7) is 12.0. The van der Waals surface area contributed by atoms with E-state index in [9.17, 15) is 4.79 Å². The largest absolute Gasteiger partial charge is 0.404 e. The molecule has 3 rings (SSSR count). The lowest BCUT2D eigenvalue weighted by molar-refractivity contribution is -0.132. The first kappa shape index (κ1) is 30.9. The van der Waals surface area contributed by atoms with Crippen molar-refractivity contribution >= 4 is 33.9 Å². The zero-order valence-electron chi connectivity index (χ0n) is 24.2. The van der Waals surface area contributed by atoms with Gasteiger partial charge in [0.15, 0.2) is 0 Å². The van der Waals surface area contributed by atoms with E-state index in [2.05, 4.69) is 93.2 Å². The average Bonchev–Trinajstić information content (AvgIpc) is 3.39. The van der Waals surface area contributed by atoms with Crippen molar-refractivity contribution in [3.63, 3.8) is 0 Å². The molecule has 0 aliphatic carbocycles. The number of aromatic nitrogens is 1. The van der Waals surface area contributed by atoms with E-state index in [0.717, 1.165) is 57.7 Å². The normalized spacial score (nSPS) is 11.9. The van der Waals surface area contributed by atoms with Gasteiger partial charge in [0.25, 0.3) is 0 Å². The van der Waals surface area contributed by atoms with Crippen molar-refractivity contribution in [2.45, 2.75) is 53.5 Å². The highest BCUT2D eigenvalue weighted by molar-refractivity contribution is 8.08. The SMILES string of the molecule is CCCN(C)CCS/C(=C\N)c1ccc(-c2ccc(-c3cnc(CN(CCC)C(=O)CC(C)C)s3)cc2)cc1. The Morgan fingerprint density at radius 1 is 0.974 bits per heavy atom. The highest BCUT2D eigenvalue weighted by Gasteiger charge is 2.17. The molecule has 0 fully saturated rings. The quantitative estimate of drug-likeness (QED) is 0.206. The zero-order chi connectivity index (χ0) is 28.2. The van der Waals surface area contributed by atoms with Crippen molar-refractivity contribution in [2.75, 3.05) is 32.4 Å². The lowest BCUT2D eigenvalue weighted by Crippen LogP contribution is -2.31. The Balaban J connectivity index is 1.62. The van der Waals surface area contributed by atoms with Gasteiger partial charge in [-0.3, -0.25) is 4.79 Å². The minimum atomic E-state index is 0.214. The van der Waals surface area contributed by atoms with Crippen LogP contribution >= 0.6 is 23.1 Å². The molecule has 5 nitrogen and oxygen atoms in total. The molecule has 0 spiro atoms. The number of carbonyl (C=O) groups excluding carboxylic acids is 1. The van der Waals surface area contributed by atoms with Gasteiger partial charge in [-0.25, -0.2) is 4.98 Å². The Kier molecular flexibility index (Phi) is 12.6. The summed E-state index contributed by atoms with van der Waals surface area (Å²) in [6.07, 6.45) is 6.36. The minimum absolute atomic E-state index is 0.214. The molecule has 0 unspecified atom stereocenters. The summed E-state index contributed by atoms with van der Waals surface area (Å²) in [7, 11) is 2.17. The molecule has 2 aromatic carbocycles. The summed E-state index contributed by atoms with van der Waals surface area (Å²) in [5.74, 6) is 1.60. The van der Waals surface area contributed by atoms with Gasteiger partial charge in [0, 0.05) is 42.6 Å². The van der Waals surface area contributed by atoms with Gasteiger partial charge in [0.1, 0.15) is 5.01 Å². The molecular weight excluding hydrogens is 521 g/mol. The zero-order valence-corrected chi connectivity index (χ0v) is 25.8. The van der Waals surface area contributed by atoms with Gasteiger partial charge in [0.05, 0.1) is 11.4 Å². The molecule has 2 N–H and O–H groups in total. The van der Waals surface area contributed by atoms with Crippen LogP contribution in [-0.4, -0.2) is 53.1 Å². The molecule has 0 bridgehead atoms. The monoisotopic (exact) mass is 564 g/mol. The maximum absolute atomic E-state index is 12.7. The Hall–Kier alpha value is -2.61. The molecule has 1 aromatic heterocycles. The summed E-state index contributed by atoms with van der Waals surface area (Å²) >= 11 is 3.48. The first-order chi connectivity index (χ1) is 18.8. The second-order valence-electron chi connectivity index (χ2n) is 10.4. The summed E-state index contributed by atoms with van der Waals surface area (Å²) in [6, 6.07) is 17.3. The van der Waals surface area contributed by atoms with E-state index in [1.807, 2.05) is 22.9 Å². The van der Waals surface area contributed by atoms with Gasteiger partial charge < -0.3 is 15.5 Å². The van der Waals surface area contributed by atoms with E-state index in [1.165, 1.54) is 17.5 Å². The van der Waals surface area contributed by atoms with E-state index in [4.69, 9.17) is 5.73 Å². The summed E-state index contributed by atoms with van der Waals surface area (Å²) in [5, 5.41) is 0.980. The van der Waals surface area contributed by atoms with Gasteiger partial charge in [0.2, 0.25) is 5.91 Å². The third-order valence-corrected chi connectivity index (χ3v) is 8.57. The van der Waals surface area contributed by atoms with Crippen LogP contribution < -0.4 is 5.73 Å². The summed E-state index contributed by atoms with van der Waals surface area (Å²) < 4.78 is 0. The third kappa shape index (κ3) is 9.52. The molecule has 0 aliphatic rings. The number of amides is 1. The molecule has 0 saturated carbocycles. The van der Waals surface area contributed by atoms with Crippen LogP contribution in [0.4, 0.5) is 0 Å². The fourth-order valence-electron chi connectivity index (χ4n) is 4.41. The molecular formula is C32H44N4OS2. The van der Waals surface area contributed by atoms with Crippen LogP contribution in [0.5, 0.6) is 0 Å². The van der Waals surface area contributed by atoms with Crippen LogP contribution in [0.25, 0.3) is 26.5 Å². The predicted octanol–water partition coefficient (Wildman–Crippen LogP) is 7.59. The smallest absolute Gasteiger partial charge is 0.223 e. The van der Waals surface area contributed by atoms with Gasteiger partial charge >= 0.3 is 0 Å². The van der Waals surface area contributed by atoms with Crippen molar-refractivity contribution in [3.05, 3.63) is 71.5 Å². The summed E-state index contributed by atoms with van der Waals surface area (Å²) in [4.78, 5) is 23.8. The standard InChI is InChI=1S/C32H44N4OS2/c1-6-16-35(5)18-19-38-29(21-33)27-12-8-25(9-13-27)26-10-14-28(15-11-26)30-22-34-31(39-30)23-36(17-7-2)32(37)20-24(3)4/h8-15,21-22,24H,6-7,16-20,23,33H2,1-5H3/b29-21-. The highest BCUT2D eigenvalue weighted by atomic mass is 32.2. The number of thioether (sulfide) groups is 1. The van der Waals surface area contributed by atoms with Crippen LogP contribution in [0.1, 0.15) is 57.5 Å². The van der Waals surface area contributed by atoms with Crippen molar-refractivity contribution in [3.8, 4) is 21.6 Å². The lowest BCUT2D eigenvalue weighted by atomic mass is 10.0. The topological polar surface area (TPSA) is 62.5 Å². The molecule has 0 saturated heterocycles. The number of carbonyl (C=O) groups is 1. The minimum Gasteiger partial charge on any atom is -0.404 e. The first-order valence-corrected chi connectivity index (χ1v) is 15.8. The molecule has 1 heterocycles. The van der Waals surface area contributed by atoms with Crippen molar-refractivity contribution < 1.29 is 4.79 Å². The molecule has 210 valence electrons. The Morgan fingerprint density at radius 2 is 1.59 bits per heavy atom. The van der Waals surface area contributed by atoms with Crippen molar-refractivity contribution in [2.24, 2.45) is 11.7 Å². The van der Waals surface area contributed by atoms with Crippen LogP contribution in [0.3, 0.4) is 0 Å². The number of benzene rings is 2. The van der Waals surface area contributed by atoms with E-state index in [-0.39, 0.29) is 5.91 Å². The molecule has 0 atom stereocenters. The fraction of sp³-hybridized carbons (Fsp3) is 0.438. The molecule has 0 aliphatic heterocycles. The van der Waals surface area contributed by atoms with Gasteiger partial charge in [-0.05, 0) is 54.6 Å². The molecule has 7 heteroatoms. The van der Waals surface area contributed by atoms with Gasteiger partial charge in [-0.2, -0.15) is 0 Å². The maximum atomic E-state index is 12.7. The Labute approximate surface area is 243 Å². The molecule has 1 amide bonds. The highest BCUT2D eigenvalue weighted by Crippen LogP contribution is 2.31. The van der Waals surface area contributed by atoms with E-state index in [0.29, 0.717) is 18.9 Å². The van der Waals surface area contributed by atoms with Gasteiger partial charge in [-0.1, -0.05) is 76.2 Å². The Bertz CT molecular complexity index is 1190. The number of nitrogens with two attached hydrogens (primary N) is 1. The maximum Gasteiger partial charge on any atom is 0.223 e. The number of nitrogens with zero attached hydrogens (tertiary/aromatic N) is 3. The number of thiazole rings is 1. The van der Waals surface area contributed by atoms with E-state index in [1.54, 1.807) is 17.5 Å². The fourth-order valence-corrected chi connectivity index (χ4v) is 6.37. The molecule has 3 aromatic rings. The van der Waals surface area contributed by atoms with Crippen LogP contribution in [0, 0.1) is 5.92 Å². The second kappa shape index (κ2) is 15.8. The van der Waals surface area contributed by atoms with Gasteiger partial charge in [-0.15, -0.1) is 23.1 Å². The van der Waals surface area contributed by atoms with Crippen molar-refractivity contribution in [1.29, 1.82) is 0 Å². The average molecular weight is 565 g/mol. The predicted molar refractivity (Wildman–Crippen MR) is 171 cm³/mol. The first-order valence-electron chi connectivity index (χ1n) is 14.0. The van der Waals surface area contributed by atoms with Crippen LogP contribution in [-0.2, 0) is 11.3 Å². The number of rotatable bonds is 15. The van der Waals surface area contributed by atoms with Crippen LogP contribution in [0.2, 0.25) is 0 Å².